The fourth-order valence-corrected chi connectivity index (χ4v) is 7.31. The number of carbonyl (C=O) groups excluding carboxylic acids is 1. The Hall–Kier alpha value is -3.32. The highest BCUT2D eigenvalue weighted by molar-refractivity contribution is 7.81. The van der Waals surface area contributed by atoms with Crippen LogP contribution in [0.25, 0.3) is 0 Å². The van der Waals surface area contributed by atoms with E-state index in [-0.39, 0.29) is 22.3 Å². The summed E-state index contributed by atoms with van der Waals surface area (Å²) in [4.78, 5) is 33.3. The zero-order chi connectivity index (χ0) is 30.5. The Morgan fingerprint density at radius 2 is 1.50 bits per heavy atom. The molecule has 0 amide bonds. The van der Waals surface area contributed by atoms with Crippen LogP contribution < -0.4 is 14.8 Å². The molecule has 1 heterocycles. The molecule has 4 atom stereocenters. The average molecular weight is 603 g/mol. The zero-order valence-corrected chi connectivity index (χ0v) is 24.4. The third kappa shape index (κ3) is 7.35. The number of carboxylic acids is 2. The second kappa shape index (κ2) is 13.3. The molecule has 6 rings (SSSR count). The minimum Gasteiger partial charge on any atom is -0.478 e. The Morgan fingerprint density at radius 3 is 2.02 bits per heavy atom. The molecule has 2 saturated carbocycles. The van der Waals surface area contributed by atoms with Crippen LogP contribution in [0, 0.1) is 17.3 Å². The van der Waals surface area contributed by atoms with Crippen molar-refractivity contribution in [3.05, 3.63) is 64.7 Å². The van der Waals surface area contributed by atoms with Crippen molar-refractivity contribution < 1.29 is 41.8 Å². The van der Waals surface area contributed by atoms with Crippen LogP contribution in [0.2, 0.25) is 0 Å². The number of aryl methyl sites for hydroxylation is 1. The fourth-order valence-electron chi connectivity index (χ4n) is 6.96. The van der Waals surface area contributed by atoms with Crippen molar-refractivity contribution in [2.45, 2.75) is 51.4 Å². The van der Waals surface area contributed by atoms with Gasteiger partial charge >= 0.3 is 22.3 Å². The minimum absolute atomic E-state index is 0.132. The Morgan fingerprint density at radius 1 is 0.905 bits per heavy atom. The summed E-state index contributed by atoms with van der Waals surface area (Å²) in [7, 11) is -4.49. The van der Waals surface area contributed by atoms with Crippen molar-refractivity contribution in [3.8, 4) is 5.75 Å². The van der Waals surface area contributed by atoms with Crippen molar-refractivity contribution in [1.82, 2.24) is 10.6 Å². The highest BCUT2D eigenvalue weighted by atomic mass is 32.3. The van der Waals surface area contributed by atoms with Crippen LogP contribution in [0.3, 0.4) is 0 Å². The maximum Gasteiger partial charge on any atom is 0.446 e. The third-order valence-corrected chi connectivity index (χ3v) is 9.36. The summed E-state index contributed by atoms with van der Waals surface area (Å²) >= 11 is 0. The summed E-state index contributed by atoms with van der Waals surface area (Å²) in [6.45, 7) is 6.71. The Kier molecular flexibility index (Phi) is 10.0. The molecule has 1 aliphatic heterocycles. The minimum atomic E-state index is -4.49. The molecule has 3 aliphatic carbocycles. The van der Waals surface area contributed by atoms with Crippen LogP contribution in [0.1, 0.15) is 76.8 Å². The second-order valence-electron chi connectivity index (χ2n) is 11.4. The molecule has 1 saturated heterocycles. The number of nitrogens with one attached hydrogen (secondary N) is 2. The smallest absolute Gasteiger partial charge is 0.446 e. The summed E-state index contributed by atoms with van der Waals surface area (Å²) in [5, 5.41) is 23.5. The average Bonchev–Trinajstić information content (AvgIpc) is 3.27. The molecule has 0 aromatic heterocycles. The number of carbonyl (C=O) groups is 3. The number of piperazine rings is 1. The number of hydrogen-bond donors (Lipinski definition) is 5. The van der Waals surface area contributed by atoms with Gasteiger partial charge in [-0.1, -0.05) is 25.1 Å². The molecule has 0 spiro atoms. The first kappa shape index (κ1) is 31.6. The van der Waals surface area contributed by atoms with Crippen LogP contribution in [0.15, 0.2) is 42.5 Å². The lowest BCUT2D eigenvalue weighted by atomic mass is 9.55. The molecule has 12 heteroatoms. The standard InChI is InChI=1S/C18H22O5S.C8H6O4.C4H10N2/c1-18-9-8-14-13-5-3-12(23-24(20,21)22)10-11(13)2-4-15(14)16(18)6-7-17(18)19;9-7(10)5-3-1-2-4-6(5)8(11)12;1-2-6-4-3-5-1/h3,5,10,14-16H,2,4,6-9H2,1H3,(H,20,21,22);1-4H,(H,9,10)(H,11,12);5-6H,1-4H2/t14-,15-,16+,18+;;/m1../s1. The Labute approximate surface area is 245 Å². The highest BCUT2D eigenvalue weighted by Gasteiger charge is 2.54. The van der Waals surface area contributed by atoms with E-state index in [9.17, 15) is 22.8 Å². The molecule has 3 fully saturated rings. The predicted molar refractivity (Wildman–Crippen MR) is 154 cm³/mol. The third-order valence-electron chi connectivity index (χ3n) is 8.95. The SMILES string of the molecule is C1CNCCN1.C[C@]12CC[C@@H]3c4ccc(OS(=O)(=O)O)cc4CC[C@H]3[C@@H]1CCC2=O.O=C(O)c1ccccc1C(=O)O. The molecule has 0 radical (unpaired) electrons. The van der Waals surface area contributed by atoms with Crippen LogP contribution in [0.5, 0.6) is 5.75 Å². The number of ketones is 1. The molecule has 228 valence electrons. The van der Waals surface area contributed by atoms with E-state index >= 15 is 0 Å². The van der Waals surface area contributed by atoms with Gasteiger partial charge < -0.3 is 25.0 Å². The molecular weight excluding hydrogens is 564 g/mol. The van der Waals surface area contributed by atoms with Crippen molar-refractivity contribution in [2.75, 3.05) is 26.2 Å². The zero-order valence-electron chi connectivity index (χ0n) is 23.5. The number of hydrogen-bond acceptors (Lipinski definition) is 8. The maximum atomic E-state index is 12.3. The molecule has 4 aliphatic rings. The number of aromatic carboxylic acids is 2. The first-order valence-corrected chi connectivity index (χ1v) is 15.6. The van der Waals surface area contributed by atoms with E-state index in [1.807, 2.05) is 6.07 Å². The predicted octanol–water partition coefficient (Wildman–Crippen LogP) is 3.56. The maximum absolute atomic E-state index is 12.3. The highest BCUT2D eigenvalue weighted by Crippen LogP contribution is 2.59. The topological polar surface area (TPSA) is 179 Å². The monoisotopic (exact) mass is 602 g/mol. The molecule has 2 aromatic rings. The van der Waals surface area contributed by atoms with Gasteiger partial charge in [-0.3, -0.25) is 9.35 Å². The summed E-state index contributed by atoms with van der Waals surface area (Å²) in [5.41, 5.74) is 1.85. The van der Waals surface area contributed by atoms with Crippen LogP contribution in [-0.2, 0) is 21.6 Å². The van der Waals surface area contributed by atoms with Crippen molar-refractivity contribution >= 4 is 28.1 Å². The van der Waals surface area contributed by atoms with Gasteiger partial charge in [0.1, 0.15) is 11.5 Å². The summed E-state index contributed by atoms with van der Waals surface area (Å²) in [5.74, 6) is -0.403. The van der Waals surface area contributed by atoms with Gasteiger partial charge in [-0.15, -0.1) is 0 Å². The lowest BCUT2D eigenvalue weighted by Crippen LogP contribution is -2.42. The van der Waals surface area contributed by atoms with Crippen molar-refractivity contribution in [3.63, 3.8) is 0 Å². The van der Waals surface area contributed by atoms with E-state index in [0.717, 1.165) is 70.3 Å². The van der Waals surface area contributed by atoms with E-state index in [2.05, 4.69) is 21.7 Å². The number of carboxylic acid groups (broad SMARTS) is 2. The molecule has 42 heavy (non-hydrogen) atoms. The summed E-state index contributed by atoms with van der Waals surface area (Å²) < 4.78 is 35.2. The summed E-state index contributed by atoms with van der Waals surface area (Å²) in [6, 6.07) is 10.8. The quantitative estimate of drug-likeness (QED) is 0.323. The van der Waals surface area contributed by atoms with Gasteiger partial charge in [0.15, 0.2) is 0 Å². The summed E-state index contributed by atoms with van der Waals surface area (Å²) in [6.07, 6.45) is 5.57. The van der Waals surface area contributed by atoms with Gasteiger partial charge in [-0.25, -0.2) is 9.59 Å². The number of benzene rings is 2. The van der Waals surface area contributed by atoms with Crippen LogP contribution in [0.4, 0.5) is 0 Å². The second-order valence-corrected chi connectivity index (χ2v) is 12.4. The van der Waals surface area contributed by atoms with Gasteiger partial charge in [0.2, 0.25) is 0 Å². The van der Waals surface area contributed by atoms with Gasteiger partial charge in [0.05, 0.1) is 11.1 Å². The van der Waals surface area contributed by atoms with Gasteiger partial charge in [0, 0.05) is 38.0 Å². The van der Waals surface area contributed by atoms with E-state index in [1.165, 1.54) is 29.8 Å². The largest absolute Gasteiger partial charge is 0.478 e. The lowest BCUT2D eigenvalue weighted by molar-refractivity contribution is -0.129. The van der Waals surface area contributed by atoms with Gasteiger partial charge in [0.25, 0.3) is 0 Å². The van der Waals surface area contributed by atoms with Crippen LogP contribution in [-0.4, -0.2) is 67.1 Å². The molecular formula is C30H38N2O9S. The van der Waals surface area contributed by atoms with E-state index in [4.69, 9.17) is 14.8 Å². The molecule has 0 bridgehead atoms. The lowest BCUT2D eigenvalue weighted by Gasteiger charge is -2.48. The molecule has 5 N–H and O–H groups in total. The first-order chi connectivity index (χ1) is 19.9. The van der Waals surface area contributed by atoms with E-state index in [1.54, 1.807) is 12.1 Å². The van der Waals surface area contributed by atoms with Crippen molar-refractivity contribution in [2.24, 2.45) is 17.3 Å². The van der Waals surface area contributed by atoms with Gasteiger partial charge in [-0.05, 0) is 85.3 Å². The van der Waals surface area contributed by atoms with Gasteiger partial charge in [-0.2, -0.15) is 8.42 Å². The number of fused-ring (bicyclic) bond motifs is 5. The van der Waals surface area contributed by atoms with Crippen LogP contribution >= 0.6 is 0 Å². The number of Topliss-reactive ketones (excluding diaryl/α,β-unsaturated/α-hetero) is 1. The Balaban J connectivity index is 0.000000186. The normalized spacial score (nSPS) is 26.1. The Bertz CT molecular complexity index is 1380. The molecule has 2 aromatic carbocycles. The van der Waals surface area contributed by atoms with E-state index < -0.39 is 22.3 Å². The number of rotatable bonds is 4. The van der Waals surface area contributed by atoms with E-state index in [0.29, 0.717) is 23.5 Å². The fraction of sp³-hybridized carbons (Fsp3) is 0.500. The molecule has 11 nitrogen and oxygen atoms in total. The molecule has 0 unspecified atom stereocenters. The first-order valence-electron chi connectivity index (χ1n) is 14.2. The van der Waals surface area contributed by atoms with Crippen molar-refractivity contribution in [1.29, 1.82) is 0 Å².